The highest BCUT2D eigenvalue weighted by atomic mass is 16.5. The number of rotatable bonds is 4. The molecule has 2 rings (SSSR count). The minimum Gasteiger partial charge on any atom is -0.382 e. The summed E-state index contributed by atoms with van der Waals surface area (Å²) in [6.07, 6.45) is 5.17. The van der Waals surface area contributed by atoms with Crippen LogP contribution >= 0.6 is 0 Å². The molecule has 0 fully saturated rings. The van der Waals surface area contributed by atoms with Gasteiger partial charge in [-0.05, 0) is 6.07 Å². The van der Waals surface area contributed by atoms with Crippen molar-refractivity contribution < 1.29 is 4.52 Å². The molecule has 0 saturated heterocycles. The van der Waals surface area contributed by atoms with Crippen LogP contribution in [0.15, 0.2) is 29.3 Å². The van der Waals surface area contributed by atoms with Gasteiger partial charge in [-0.1, -0.05) is 5.16 Å². The van der Waals surface area contributed by atoms with E-state index in [1.54, 1.807) is 18.5 Å². The zero-order valence-electron chi connectivity index (χ0n) is 8.42. The maximum atomic E-state index is 8.84. The quantitative estimate of drug-likeness (QED) is 0.818. The molecule has 0 spiro atoms. The average Bonchev–Trinajstić information content (AvgIpc) is 2.83. The Morgan fingerprint density at radius 1 is 1.50 bits per heavy atom. The van der Waals surface area contributed by atoms with Crippen molar-refractivity contribution in [3.63, 3.8) is 0 Å². The van der Waals surface area contributed by atoms with Crippen molar-refractivity contribution in [2.75, 3.05) is 11.9 Å². The molecule has 0 bridgehead atoms. The summed E-state index contributed by atoms with van der Waals surface area (Å²) < 4.78 is 4.85. The maximum Gasteiger partial charge on any atom is 0.228 e. The van der Waals surface area contributed by atoms with Crippen molar-refractivity contribution in [2.24, 2.45) is 0 Å². The largest absolute Gasteiger partial charge is 0.382 e. The van der Waals surface area contributed by atoms with E-state index in [0.717, 1.165) is 0 Å². The third-order valence-corrected chi connectivity index (χ3v) is 2.00. The Morgan fingerprint density at radius 2 is 2.44 bits per heavy atom. The van der Waals surface area contributed by atoms with Crippen molar-refractivity contribution in [3.05, 3.63) is 36.2 Å². The van der Waals surface area contributed by atoms with Crippen LogP contribution in [0, 0.1) is 11.3 Å². The predicted molar refractivity (Wildman–Crippen MR) is 55.4 cm³/mol. The molecule has 0 aromatic carbocycles. The van der Waals surface area contributed by atoms with Crippen LogP contribution < -0.4 is 5.32 Å². The number of anilines is 1. The SMILES string of the molecule is N#Cc1ccncc1NCCc1ncno1. The maximum absolute atomic E-state index is 8.84. The topological polar surface area (TPSA) is 87.6 Å². The Morgan fingerprint density at radius 3 is 3.19 bits per heavy atom. The van der Waals surface area contributed by atoms with Gasteiger partial charge in [0.15, 0.2) is 6.33 Å². The monoisotopic (exact) mass is 215 g/mol. The summed E-state index contributed by atoms with van der Waals surface area (Å²) in [5.74, 6) is 0.565. The lowest BCUT2D eigenvalue weighted by Gasteiger charge is -2.04. The van der Waals surface area contributed by atoms with Crippen LogP contribution in [0.4, 0.5) is 5.69 Å². The Hall–Kier alpha value is -2.42. The lowest BCUT2D eigenvalue weighted by molar-refractivity contribution is 0.380. The van der Waals surface area contributed by atoms with Crippen molar-refractivity contribution in [2.45, 2.75) is 6.42 Å². The average molecular weight is 215 g/mol. The van der Waals surface area contributed by atoms with E-state index in [0.29, 0.717) is 30.1 Å². The molecule has 0 unspecified atom stereocenters. The summed E-state index contributed by atoms with van der Waals surface area (Å²) >= 11 is 0. The lowest BCUT2D eigenvalue weighted by atomic mass is 10.2. The number of aromatic nitrogens is 3. The van der Waals surface area contributed by atoms with E-state index < -0.39 is 0 Å². The van der Waals surface area contributed by atoms with Gasteiger partial charge in [0, 0.05) is 19.2 Å². The van der Waals surface area contributed by atoms with E-state index in [1.807, 2.05) is 0 Å². The fourth-order valence-electron chi connectivity index (χ4n) is 1.24. The third kappa shape index (κ3) is 2.33. The van der Waals surface area contributed by atoms with E-state index in [2.05, 4.69) is 26.5 Å². The smallest absolute Gasteiger partial charge is 0.228 e. The molecule has 0 amide bonds. The Balaban J connectivity index is 1.93. The van der Waals surface area contributed by atoms with Crippen LogP contribution in [0.3, 0.4) is 0 Å². The van der Waals surface area contributed by atoms with Crippen molar-refractivity contribution in [1.82, 2.24) is 15.1 Å². The minimum absolute atomic E-state index is 0.565. The molecule has 0 aliphatic rings. The fraction of sp³-hybridized carbons (Fsp3) is 0.200. The number of pyridine rings is 1. The van der Waals surface area contributed by atoms with Gasteiger partial charge in [0.2, 0.25) is 5.89 Å². The van der Waals surface area contributed by atoms with E-state index in [1.165, 1.54) is 6.33 Å². The van der Waals surface area contributed by atoms with Crippen LogP contribution in [-0.4, -0.2) is 21.7 Å². The highest BCUT2D eigenvalue weighted by molar-refractivity contribution is 5.55. The number of hydrogen-bond acceptors (Lipinski definition) is 6. The van der Waals surface area contributed by atoms with E-state index in [9.17, 15) is 0 Å². The molecule has 16 heavy (non-hydrogen) atoms. The minimum atomic E-state index is 0.565. The van der Waals surface area contributed by atoms with Gasteiger partial charge in [-0.2, -0.15) is 10.2 Å². The van der Waals surface area contributed by atoms with E-state index in [-0.39, 0.29) is 0 Å². The predicted octanol–water partition coefficient (Wildman–Crippen LogP) is 0.991. The summed E-state index contributed by atoms with van der Waals surface area (Å²) in [5.41, 5.74) is 1.28. The summed E-state index contributed by atoms with van der Waals surface area (Å²) in [7, 11) is 0. The Kier molecular flexibility index (Phi) is 3.09. The molecule has 0 atom stereocenters. The first-order valence-corrected chi connectivity index (χ1v) is 4.73. The number of nitrogens with zero attached hydrogens (tertiary/aromatic N) is 4. The first kappa shape index (κ1) is 10.1. The normalized spacial score (nSPS) is 9.69. The van der Waals surface area contributed by atoms with Crippen LogP contribution in [0.1, 0.15) is 11.5 Å². The molecule has 2 aromatic heterocycles. The molecule has 2 aromatic rings. The molecule has 80 valence electrons. The lowest BCUT2D eigenvalue weighted by Crippen LogP contribution is -2.06. The van der Waals surface area contributed by atoms with Crippen molar-refractivity contribution in [3.8, 4) is 6.07 Å². The number of hydrogen-bond donors (Lipinski definition) is 1. The van der Waals surface area contributed by atoms with Gasteiger partial charge in [-0.15, -0.1) is 0 Å². The Bertz CT molecular complexity index is 488. The number of nitriles is 1. The first-order valence-electron chi connectivity index (χ1n) is 4.73. The molecule has 0 radical (unpaired) electrons. The molecule has 1 N–H and O–H groups in total. The van der Waals surface area contributed by atoms with Crippen LogP contribution in [0.2, 0.25) is 0 Å². The number of nitrogens with one attached hydrogen (secondary N) is 1. The molecule has 6 heteroatoms. The molecular formula is C10H9N5O. The molecule has 0 aliphatic heterocycles. The van der Waals surface area contributed by atoms with Crippen LogP contribution in [0.5, 0.6) is 0 Å². The summed E-state index contributed by atoms with van der Waals surface area (Å²) in [6.45, 7) is 0.614. The van der Waals surface area contributed by atoms with Crippen LogP contribution in [-0.2, 0) is 6.42 Å². The summed E-state index contributed by atoms with van der Waals surface area (Å²) in [5, 5.41) is 15.4. The fourth-order valence-corrected chi connectivity index (χ4v) is 1.24. The second-order valence-electron chi connectivity index (χ2n) is 3.04. The molecular weight excluding hydrogens is 206 g/mol. The van der Waals surface area contributed by atoms with Crippen molar-refractivity contribution in [1.29, 1.82) is 5.26 Å². The van der Waals surface area contributed by atoms with Gasteiger partial charge in [-0.25, -0.2) is 0 Å². The second-order valence-corrected chi connectivity index (χ2v) is 3.04. The first-order chi connectivity index (χ1) is 7.90. The second kappa shape index (κ2) is 4.89. The highest BCUT2D eigenvalue weighted by Gasteiger charge is 2.02. The standard InChI is InChI=1S/C10H9N5O/c11-5-8-1-3-12-6-9(8)13-4-2-10-14-7-15-16-10/h1,3,6-7,13H,2,4H2. The molecule has 2 heterocycles. The molecule has 0 aliphatic carbocycles. The Labute approximate surface area is 91.9 Å². The highest BCUT2D eigenvalue weighted by Crippen LogP contribution is 2.11. The van der Waals surface area contributed by atoms with Crippen LogP contribution in [0.25, 0.3) is 0 Å². The van der Waals surface area contributed by atoms with Crippen molar-refractivity contribution >= 4 is 5.69 Å². The third-order valence-electron chi connectivity index (χ3n) is 2.00. The van der Waals surface area contributed by atoms with Gasteiger partial charge in [0.25, 0.3) is 0 Å². The van der Waals surface area contributed by atoms with Gasteiger partial charge >= 0.3 is 0 Å². The summed E-state index contributed by atoms with van der Waals surface area (Å²) in [4.78, 5) is 7.84. The van der Waals surface area contributed by atoms with E-state index >= 15 is 0 Å². The van der Waals surface area contributed by atoms with E-state index in [4.69, 9.17) is 9.78 Å². The zero-order valence-corrected chi connectivity index (χ0v) is 8.42. The molecule has 6 nitrogen and oxygen atoms in total. The van der Waals surface area contributed by atoms with Gasteiger partial charge in [-0.3, -0.25) is 4.98 Å². The summed E-state index contributed by atoms with van der Waals surface area (Å²) in [6, 6.07) is 3.75. The molecule has 0 saturated carbocycles. The van der Waals surface area contributed by atoms with Gasteiger partial charge in [0.05, 0.1) is 17.4 Å². The zero-order chi connectivity index (χ0) is 11.2. The van der Waals surface area contributed by atoms with Gasteiger partial charge < -0.3 is 9.84 Å². The van der Waals surface area contributed by atoms with Gasteiger partial charge in [0.1, 0.15) is 6.07 Å².